The van der Waals surface area contributed by atoms with Crippen LogP contribution in [-0.4, -0.2) is 44.2 Å². The average molecular weight is 431 g/mol. The van der Waals surface area contributed by atoms with Gasteiger partial charge in [-0.25, -0.2) is 17.2 Å². The molecule has 0 fully saturated rings. The van der Waals surface area contributed by atoms with Crippen molar-refractivity contribution >= 4 is 40.1 Å². The van der Waals surface area contributed by atoms with Crippen LogP contribution in [0.2, 0.25) is 0 Å². The highest BCUT2D eigenvalue weighted by Crippen LogP contribution is 2.35. The van der Waals surface area contributed by atoms with Gasteiger partial charge in [-0.1, -0.05) is 12.1 Å². The quantitative estimate of drug-likeness (QED) is 0.617. The zero-order valence-electron chi connectivity index (χ0n) is 15.9. The predicted molar refractivity (Wildman–Crippen MR) is 107 cm³/mol. The van der Waals surface area contributed by atoms with Gasteiger partial charge in [0, 0.05) is 23.6 Å². The van der Waals surface area contributed by atoms with E-state index >= 15 is 0 Å². The Morgan fingerprint density at radius 2 is 2.10 bits per heavy atom. The van der Waals surface area contributed by atoms with Crippen LogP contribution in [-0.2, 0) is 16.4 Å². The molecule has 7 nitrogen and oxygen atoms in total. The maximum absolute atomic E-state index is 14.4. The Hall–Kier alpha value is -3.08. The second kappa shape index (κ2) is 7.64. The minimum atomic E-state index is -4.46. The summed E-state index contributed by atoms with van der Waals surface area (Å²) in [6.45, 7) is -0.269. The maximum atomic E-state index is 14.4. The number of fused-ring (bicyclic) bond motifs is 2. The summed E-state index contributed by atoms with van der Waals surface area (Å²) in [5, 5.41) is 3.40. The first kappa shape index (κ1) is 20.2. The van der Waals surface area contributed by atoms with E-state index in [0.717, 1.165) is 23.1 Å². The first-order valence-electron chi connectivity index (χ1n) is 9.10. The molecule has 1 amide bonds. The molecule has 0 saturated heterocycles. The van der Waals surface area contributed by atoms with Crippen molar-refractivity contribution in [2.45, 2.75) is 23.4 Å². The third-order valence-corrected chi connectivity index (χ3v) is 6.53. The van der Waals surface area contributed by atoms with Gasteiger partial charge in [-0.3, -0.25) is 14.8 Å². The Labute approximate surface area is 171 Å². The van der Waals surface area contributed by atoms with Crippen LogP contribution < -0.4 is 15.6 Å². The van der Waals surface area contributed by atoms with E-state index in [1.807, 2.05) is 20.0 Å². The lowest BCUT2D eigenvalue weighted by molar-refractivity contribution is 0.0949. The number of hydrogen-bond donors (Lipinski definition) is 1. The SMILES string of the molecule is Bc1ccc2cnc(CNC(=O)c3cc(F)c4c(c3)S(=O)(=O)C(F)CCO4)cc2n1. The monoisotopic (exact) mass is 431 g/mol. The van der Waals surface area contributed by atoms with Crippen molar-refractivity contribution in [2.75, 3.05) is 6.61 Å². The number of aromatic nitrogens is 2. The largest absolute Gasteiger partial charge is 0.489 e. The maximum Gasteiger partial charge on any atom is 0.251 e. The van der Waals surface area contributed by atoms with Crippen LogP contribution in [0.5, 0.6) is 5.75 Å². The molecule has 0 aliphatic carbocycles. The van der Waals surface area contributed by atoms with Crippen molar-refractivity contribution < 1.29 is 26.7 Å². The number of amides is 1. The molecule has 3 heterocycles. The van der Waals surface area contributed by atoms with E-state index in [2.05, 4.69) is 15.3 Å². The van der Waals surface area contributed by atoms with Gasteiger partial charge < -0.3 is 10.1 Å². The molecule has 0 saturated carbocycles. The third-order valence-electron chi connectivity index (χ3n) is 4.71. The lowest BCUT2D eigenvalue weighted by Crippen LogP contribution is -2.24. The number of sulfone groups is 1. The molecule has 0 spiro atoms. The number of nitrogens with one attached hydrogen (secondary N) is 1. The van der Waals surface area contributed by atoms with Gasteiger partial charge in [0.05, 0.1) is 24.4 Å². The molecular formula is C19H16BF2N3O4S. The molecule has 1 N–H and O–H groups in total. The second-order valence-corrected chi connectivity index (χ2v) is 8.92. The fourth-order valence-corrected chi connectivity index (χ4v) is 4.51. The Balaban J connectivity index is 1.59. The van der Waals surface area contributed by atoms with Crippen molar-refractivity contribution in [3.63, 3.8) is 0 Å². The summed E-state index contributed by atoms with van der Waals surface area (Å²) in [4.78, 5) is 20.5. The van der Waals surface area contributed by atoms with Crippen molar-refractivity contribution in [3.05, 3.63) is 53.6 Å². The van der Waals surface area contributed by atoms with E-state index in [-0.39, 0.29) is 18.7 Å². The van der Waals surface area contributed by atoms with E-state index in [9.17, 15) is 22.0 Å². The van der Waals surface area contributed by atoms with Crippen LogP contribution >= 0.6 is 0 Å². The summed E-state index contributed by atoms with van der Waals surface area (Å²) in [5.41, 5.74) is -0.429. The molecule has 11 heteroatoms. The highest BCUT2D eigenvalue weighted by atomic mass is 32.2. The van der Waals surface area contributed by atoms with E-state index in [0.29, 0.717) is 11.2 Å². The zero-order valence-corrected chi connectivity index (χ0v) is 16.7. The normalized spacial score (nSPS) is 17.6. The van der Waals surface area contributed by atoms with Gasteiger partial charge in [0.15, 0.2) is 19.4 Å². The molecule has 154 valence electrons. The van der Waals surface area contributed by atoms with Gasteiger partial charge in [0.2, 0.25) is 15.3 Å². The number of carbonyl (C=O) groups is 1. The number of nitrogens with zero attached hydrogens (tertiary/aromatic N) is 2. The Bertz CT molecular complexity index is 1270. The van der Waals surface area contributed by atoms with E-state index < -0.39 is 44.1 Å². The van der Waals surface area contributed by atoms with Gasteiger partial charge in [-0.15, -0.1) is 0 Å². The number of halogens is 2. The number of benzene rings is 1. The van der Waals surface area contributed by atoms with Crippen molar-refractivity contribution in [3.8, 4) is 5.75 Å². The molecule has 3 aromatic rings. The summed E-state index contributed by atoms with van der Waals surface area (Å²) in [6.07, 6.45) is 1.20. The first-order chi connectivity index (χ1) is 14.3. The van der Waals surface area contributed by atoms with Crippen LogP contribution in [0.25, 0.3) is 10.9 Å². The average Bonchev–Trinajstić information content (AvgIpc) is 2.82. The number of alkyl halides is 1. The van der Waals surface area contributed by atoms with E-state index in [4.69, 9.17) is 4.74 Å². The second-order valence-electron chi connectivity index (χ2n) is 6.88. The summed E-state index contributed by atoms with van der Waals surface area (Å²) in [7, 11) is -2.61. The molecule has 1 unspecified atom stereocenters. The Morgan fingerprint density at radius 1 is 1.30 bits per heavy atom. The lowest BCUT2D eigenvalue weighted by atomic mass is 10.0. The van der Waals surface area contributed by atoms with Gasteiger partial charge in [-0.2, -0.15) is 0 Å². The third kappa shape index (κ3) is 3.72. The fourth-order valence-electron chi connectivity index (χ4n) is 3.13. The molecule has 0 radical (unpaired) electrons. The molecule has 30 heavy (non-hydrogen) atoms. The highest BCUT2D eigenvalue weighted by Gasteiger charge is 2.35. The molecule has 1 aliphatic heterocycles. The molecule has 4 rings (SSSR count). The number of pyridine rings is 2. The number of rotatable bonds is 3. The van der Waals surface area contributed by atoms with E-state index in [1.54, 1.807) is 12.3 Å². The summed E-state index contributed by atoms with van der Waals surface area (Å²) >= 11 is 0. The van der Waals surface area contributed by atoms with Gasteiger partial charge in [0.1, 0.15) is 4.90 Å². The lowest BCUT2D eigenvalue weighted by Gasteiger charge is -2.11. The fraction of sp³-hybridized carbons (Fsp3) is 0.211. The van der Waals surface area contributed by atoms with Crippen LogP contribution in [0.1, 0.15) is 22.5 Å². The standard InChI is InChI=1S/C19H16BF2N3O4S/c20-16-2-1-10-8-23-12(7-14(10)25-16)9-24-19(26)11-5-13(21)18-15(6-11)30(27,28)17(22)3-4-29-18/h1-2,5-8,17H,3-4,9,20H2,(H,24,26). The summed E-state index contributed by atoms with van der Waals surface area (Å²) in [6, 6.07) is 7.25. The van der Waals surface area contributed by atoms with Gasteiger partial charge >= 0.3 is 0 Å². The van der Waals surface area contributed by atoms with Gasteiger partial charge in [-0.05, 0) is 23.8 Å². The molecule has 1 atom stereocenters. The minimum Gasteiger partial charge on any atom is -0.489 e. The van der Waals surface area contributed by atoms with Gasteiger partial charge in [0.25, 0.3) is 5.91 Å². The number of hydrogen-bond acceptors (Lipinski definition) is 6. The molecule has 0 bridgehead atoms. The minimum absolute atomic E-state index is 0.0120. The summed E-state index contributed by atoms with van der Waals surface area (Å²) < 4.78 is 58.1. The van der Waals surface area contributed by atoms with Crippen LogP contribution in [0, 0.1) is 5.82 Å². The topological polar surface area (TPSA) is 98.2 Å². The molecule has 1 aliphatic rings. The summed E-state index contributed by atoms with van der Waals surface area (Å²) in [5.74, 6) is -2.34. The molecule has 2 aromatic heterocycles. The van der Waals surface area contributed by atoms with Crippen LogP contribution in [0.4, 0.5) is 8.78 Å². The molecule has 1 aromatic carbocycles. The van der Waals surface area contributed by atoms with Crippen molar-refractivity contribution in [2.24, 2.45) is 0 Å². The predicted octanol–water partition coefficient (Wildman–Crippen LogP) is 0.809. The van der Waals surface area contributed by atoms with Crippen molar-refractivity contribution in [1.29, 1.82) is 0 Å². The highest BCUT2D eigenvalue weighted by molar-refractivity contribution is 7.92. The number of ether oxygens (including phenoxy) is 1. The molecular weight excluding hydrogens is 415 g/mol. The van der Waals surface area contributed by atoms with Crippen LogP contribution in [0.15, 0.2) is 41.4 Å². The van der Waals surface area contributed by atoms with E-state index in [1.165, 1.54) is 0 Å². The van der Waals surface area contributed by atoms with Crippen molar-refractivity contribution in [1.82, 2.24) is 15.3 Å². The number of carbonyl (C=O) groups excluding carboxylic acids is 1. The zero-order chi connectivity index (χ0) is 21.5. The smallest absolute Gasteiger partial charge is 0.251 e. The van der Waals surface area contributed by atoms with Crippen LogP contribution in [0.3, 0.4) is 0 Å². The Morgan fingerprint density at radius 3 is 2.90 bits per heavy atom. The Kier molecular flexibility index (Phi) is 5.14. The first-order valence-corrected chi connectivity index (χ1v) is 10.6.